The molecule has 0 saturated carbocycles. The number of rotatable bonds is 7. The van der Waals surface area contributed by atoms with Crippen LogP contribution in [0, 0.1) is 0 Å². The zero-order valence-electron chi connectivity index (χ0n) is 14.8. The van der Waals surface area contributed by atoms with Crippen molar-refractivity contribution in [3.8, 4) is 0 Å². The van der Waals surface area contributed by atoms with Gasteiger partial charge in [-0.2, -0.15) is 0 Å². The minimum Gasteiger partial charge on any atom is -0.395 e. The highest BCUT2D eigenvalue weighted by molar-refractivity contribution is 5.92. The van der Waals surface area contributed by atoms with Gasteiger partial charge in [0.15, 0.2) is 0 Å². The Morgan fingerprint density at radius 2 is 2.00 bits per heavy atom. The van der Waals surface area contributed by atoms with Crippen LogP contribution in [-0.2, 0) is 4.79 Å². The van der Waals surface area contributed by atoms with Crippen LogP contribution in [0.4, 0.5) is 16.2 Å². The summed E-state index contributed by atoms with van der Waals surface area (Å²) in [7, 11) is 0. The van der Waals surface area contributed by atoms with Crippen LogP contribution in [0.1, 0.15) is 32.6 Å². The van der Waals surface area contributed by atoms with Crippen molar-refractivity contribution in [2.45, 2.75) is 38.6 Å². The Bertz CT molecular complexity index is 579. The number of aliphatic hydroxyl groups excluding tert-OH is 1. The van der Waals surface area contributed by atoms with E-state index >= 15 is 0 Å². The van der Waals surface area contributed by atoms with Crippen molar-refractivity contribution < 1.29 is 14.7 Å². The molecule has 0 radical (unpaired) electrons. The molecule has 4 N–H and O–H groups in total. The molecule has 1 unspecified atom stereocenters. The second kappa shape index (κ2) is 10.0. The van der Waals surface area contributed by atoms with Gasteiger partial charge in [-0.25, -0.2) is 4.79 Å². The lowest BCUT2D eigenvalue weighted by Crippen LogP contribution is -2.43. The van der Waals surface area contributed by atoms with Gasteiger partial charge in [-0.1, -0.05) is 12.5 Å². The molecule has 1 aliphatic rings. The first-order valence-corrected chi connectivity index (χ1v) is 8.86. The Morgan fingerprint density at radius 1 is 1.24 bits per heavy atom. The molecular formula is C18H28N4O3. The van der Waals surface area contributed by atoms with Crippen LogP contribution in [0.25, 0.3) is 0 Å². The quantitative estimate of drug-likeness (QED) is 0.567. The number of amides is 3. The molecule has 1 saturated heterocycles. The van der Waals surface area contributed by atoms with E-state index in [1.54, 1.807) is 24.3 Å². The van der Waals surface area contributed by atoms with Gasteiger partial charge in [-0.15, -0.1) is 0 Å². The Hall–Kier alpha value is -2.12. The molecule has 7 nitrogen and oxygen atoms in total. The highest BCUT2D eigenvalue weighted by Gasteiger charge is 2.20. The van der Waals surface area contributed by atoms with Crippen LogP contribution in [0.3, 0.4) is 0 Å². The summed E-state index contributed by atoms with van der Waals surface area (Å²) in [4.78, 5) is 25.3. The van der Waals surface area contributed by atoms with Crippen molar-refractivity contribution in [3.05, 3.63) is 24.3 Å². The number of urea groups is 1. The molecule has 2 rings (SSSR count). The zero-order valence-corrected chi connectivity index (χ0v) is 14.8. The summed E-state index contributed by atoms with van der Waals surface area (Å²) in [5.41, 5.74) is 1.27. The van der Waals surface area contributed by atoms with Gasteiger partial charge < -0.3 is 21.1 Å². The zero-order chi connectivity index (χ0) is 18.1. The number of nitrogens with one attached hydrogen (secondary N) is 3. The molecule has 138 valence electrons. The maximum atomic E-state index is 12.0. The number of carbonyl (C=O) groups is 2. The lowest BCUT2D eigenvalue weighted by atomic mass is 10.0. The monoisotopic (exact) mass is 348 g/mol. The Morgan fingerprint density at radius 3 is 2.72 bits per heavy atom. The van der Waals surface area contributed by atoms with Crippen molar-refractivity contribution in [2.24, 2.45) is 0 Å². The van der Waals surface area contributed by atoms with Gasteiger partial charge >= 0.3 is 6.03 Å². The van der Waals surface area contributed by atoms with Gasteiger partial charge in [-0.3, -0.25) is 9.69 Å². The van der Waals surface area contributed by atoms with Crippen LogP contribution in [0.15, 0.2) is 24.3 Å². The summed E-state index contributed by atoms with van der Waals surface area (Å²) in [5, 5.41) is 17.7. The number of likely N-dealkylation sites (tertiary alicyclic amines) is 1. The van der Waals surface area contributed by atoms with Crippen molar-refractivity contribution >= 4 is 23.3 Å². The molecule has 1 heterocycles. The third kappa shape index (κ3) is 6.72. The first kappa shape index (κ1) is 19.2. The normalized spacial score (nSPS) is 17.8. The second-order valence-corrected chi connectivity index (χ2v) is 6.36. The number of hydrogen-bond donors (Lipinski definition) is 4. The number of piperidine rings is 1. The predicted molar refractivity (Wildman–Crippen MR) is 98.7 cm³/mol. The first-order chi connectivity index (χ1) is 12.1. The molecule has 25 heavy (non-hydrogen) atoms. The SMILES string of the molecule is CC(=O)Nc1cccc(NC(=O)NCCCN2CCCCC2CO)c1. The topological polar surface area (TPSA) is 93.7 Å². The number of nitrogens with zero attached hydrogens (tertiary/aromatic N) is 1. The Kier molecular flexibility index (Phi) is 7.69. The van der Waals surface area contributed by atoms with E-state index in [2.05, 4.69) is 20.9 Å². The molecule has 1 aliphatic heterocycles. The molecular weight excluding hydrogens is 320 g/mol. The van der Waals surface area contributed by atoms with Crippen molar-refractivity contribution in [1.29, 1.82) is 0 Å². The molecule has 1 atom stereocenters. The van der Waals surface area contributed by atoms with E-state index in [4.69, 9.17) is 0 Å². The van der Waals surface area contributed by atoms with Crippen LogP contribution >= 0.6 is 0 Å². The maximum Gasteiger partial charge on any atom is 0.319 e. The molecule has 0 spiro atoms. The van der Waals surface area contributed by atoms with E-state index < -0.39 is 0 Å². The van der Waals surface area contributed by atoms with Crippen molar-refractivity contribution in [2.75, 3.05) is 36.9 Å². The number of carbonyl (C=O) groups excluding carboxylic acids is 2. The number of hydrogen-bond acceptors (Lipinski definition) is 4. The van der Waals surface area contributed by atoms with Crippen molar-refractivity contribution in [3.63, 3.8) is 0 Å². The van der Waals surface area contributed by atoms with E-state index in [0.29, 0.717) is 17.9 Å². The van der Waals surface area contributed by atoms with Crippen LogP contribution in [0.2, 0.25) is 0 Å². The highest BCUT2D eigenvalue weighted by Crippen LogP contribution is 2.17. The maximum absolute atomic E-state index is 12.0. The van der Waals surface area contributed by atoms with Crippen molar-refractivity contribution in [1.82, 2.24) is 10.2 Å². The van der Waals surface area contributed by atoms with Gasteiger partial charge in [0.1, 0.15) is 0 Å². The summed E-state index contributed by atoms with van der Waals surface area (Å²) < 4.78 is 0. The number of aliphatic hydroxyl groups is 1. The molecule has 1 aromatic rings. The first-order valence-electron chi connectivity index (χ1n) is 8.86. The predicted octanol–water partition coefficient (Wildman–Crippen LogP) is 2.00. The molecule has 7 heteroatoms. The van der Waals surface area contributed by atoms with Crippen LogP contribution < -0.4 is 16.0 Å². The summed E-state index contributed by atoms with van der Waals surface area (Å²) in [6.07, 6.45) is 4.25. The van der Waals surface area contributed by atoms with Gasteiger partial charge in [0.25, 0.3) is 0 Å². The standard InChI is InChI=1S/C18H28N4O3/c1-14(24)20-15-6-4-7-16(12-15)21-18(25)19-9-5-11-22-10-3-2-8-17(22)13-23/h4,6-7,12,17,23H,2-3,5,8-11,13H2,1H3,(H,20,24)(H2,19,21,25). The number of benzene rings is 1. The minimum atomic E-state index is -0.266. The highest BCUT2D eigenvalue weighted by atomic mass is 16.3. The molecule has 1 aromatic carbocycles. The second-order valence-electron chi connectivity index (χ2n) is 6.36. The van der Waals surface area contributed by atoms with E-state index in [1.165, 1.54) is 19.8 Å². The van der Waals surface area contributed by atoms with E-state index in [0.717, 1.165) is 25.9 Å². The molecule has 0 aliphatic carbocycles. The summed E-state index contributed by atoms with van der Waals surface area (Å²) in [6, 6.07) is 7.01. The number of anilines is 2. The van der Waals surface area contributed by atoms with Gasteiger partial charge in [0.05, 0.1) is 6.61 Å². The smallest absolute Gasteiger partial charge is 0.319 e. The summed E-state index contributed by atoms with van der Waals surface area (Å²) >= 11 is 0. The third-order valence-electron chi connectivity index (χ3n) is 4.31. The Balaban J connectivity index is 1.69. The van der Waals surface area contributed by atoms with E-state index in [1.807, 2.05) is 0 Å². The van der Waals surface area contributed by atoms with Gasteiger partial charge in [-0.05, 0) is 44.0 Å². The molecule has 0 bridgehead atoms. The van der Waals surface area contributed by atoms with Gasteiger partial charge in [0, 0.05) is 37.4 Å². The van der Waals surface area contributed by atoms with Crippen LogP contribution in [0.5, 0.6) is 0 Å². The van der Waals surface area contributed by atoms with E-state index in [9.17, 15) is 14.7 Å². The lowest BCUT2D eigenvalue weighted by molar-refractivity contribution is -0.114. The van der Waals surface area contributed by atoms with E-state index in [-0.39, 0.29) is 24.6 Å². The average Bonchev–Trinajstić information content (AvgIpc) is 2.59. The largest absolute Gasteiger partial charge is 0.395 e. The summed E-state index contributed by atoms with van der Waals surface area (Å²) in [6.45, 7) is 4.12. The minimum absolute atomic E-state index is 0.152. The van der Waals surface area contributed by atoms with Crippen LogP contribution in [-0.4, -0.2) is 54.2 Å². The third-order valence-corrected chi connectivity index (χ3v) is 4.31. The summed E-state index contributed by atoms with van der Waals surface area (Å²) in [5.74, 6) is -0.152. The Labute approximate surface area is 148 Å². The average molecular weight is 348 g/mol. The molecule has 3 amide bonds. The molecule has 1 fully saturated rings. The fourth-order valence-corrected chi connectivity index (χ4v) is 3.10. The molecule has 0 aromatic heterocycles. The van der Waals surface area contributed by atoms with Gasteiger partial charge in [0.2, 0.25) is 5.91 Å². The fraction of sp³-hybridized carbons (Fsp3) is 0.556. The fourth-order valence-electron chi connectivity index (χ4n) is 3.10. The lowest BCUT2D eigenvalue weighted by Gasteiger charge is -2.34.